The van der Waals surface area contributed by atoms with Crippen LogP contribution >= 0.6 is 0 Å². The first-order valence-corrected chi connectivity index (χ1v) is 6.16. The largest absolute Gasteiger partial charge is 0.390 e. The number of nitrogens with zero attached hydrogens (tertiary/aromatic N) is 1. The standard InChI is InChI=1S/C12H21N2O2/c1-9(15)13-7-12(16)8-14-10-3-2-4-11(14)6-5-10/h2,10-12,16H,3-8H2,1H3,(H,13,15)/t10-,11+,12?. The molecule has 3 atom stereocenters. The van der Waals surface area contributed by atoms with E-state index in [2.05, 4.69) is 16.6 Å². The molecule has 0 aromatic heterocycles. The van der Waals surface area contributed by atoms with Gasteiger partial charge >= 0.3 is 0 Å². The second kappa shape index (κ2) is 5.15. The van der Waals surface area contributed by atoms with Crippen molar-refractivity contribution in [3.8, 4) is 0 Å². The third-order valence-electron chi connectivity index (χ3n) is 3.66. The van der Waals surface area contributed by atoms with Gasteiger partial charge in [-0.15, -0.1) is 0 Å². The van der Waals surface area contributed by atoms with E-state index in [1.54, 1.807) is 0 Å². The Morgan fingerprint density at radius 3 is 2.69 bits per heavy atom. The number of carbonyl (C=O) groups is 1. The minimum Gasteiger partial charge on any atom is -0.390 e. The maximum absolute atomic E-state index is 10.7. The average molecular weight is 225 g/mol. The molecule has 2 aliphatic heterocycles. The summed E-state index contributed by atoms with van der Waals surface area (Å²) in [5.41, 5.74) is 0. The Kier molecular flexibility index (Phi) is 3.82. The molecule has 16 heavy (non-hydrogen) atoms. The summed E-state index contributed by atoms with van der Waals surface area (Å²) < 4.78 is 0. The van der Waals surface area contributed by atoms with Gasteiger partial charge in [0.2, 0.25) is 5.91 Å². The van der Waals surface area contributed by atoms with E-state index in [0.29, 0.717) is 25.2 Å². The van der Waals surface area contributed by atoms with Crippen molar-refractivity contribution in [2.24, 2.45) is 0 Å². The van der Waals surface area contributed by atoms with Crippen LogP contribution in [0.25, 0.3) is 0 Å². The minimum atomic E-state index is -0.440. The van der Waals surface area contributed by atoms with E-state index >= 15 is 0 Å². The SMILES string of the molecule is CC(=O)NCC(O)CN1[C@@H]2C[CH]C[C@H]1CC2. The average Bonchev–Trinajstić information content (AvgIpc) is 2.50. The molecule has 4 heteroatoms. The minimum absolute atomic E-state index is 0.0750. The van der Waals surface area contributed by atoms with Crippen LogP contribution in [-0.4, -0.2) is 47.2 Å². The Bertz CT molecular complexity index is 241. The van der Waals surface area contributed by atoms with Crippen LogP contribution in [-0.2, 0) is 4.79 Å². The molecule has 0 aromatic carbocycles. The lowest BCUT2D eigenvalue weighted by molar-refractivity contribution is -0.119. The molecule has 2 aliphatic rings. The fraction of sp³-hybridized carbons (Fsp3) is 0.833. The molecule has 2 heterocycles. The van der Waals surface area contributed by atoms with Crippen LogP contribution in [0.15, 0.2) is 0 Å². The summed E-state index contributed by atoms with van der Waals surface area (Å²) in [6, 6.07) is 1.26. The van der Waals surface area contributed by atoms with Gasteiger partial charge in [-0.05, 0) is 32.1 Å². The zero-order valence-electron chi connectivity index (χ0n) is 9.85. The lowest BCUT2D eigenvalue weighted by atomic mass is 10.0. The Labute approximate surface area is 97.0 Å². The number of aliphatic hydroxyl groups is 1. The molecule has 0 spiro atoms. The highest BCUT2D eigenvalue weighted by Crippen LogP contribution is 2.34. The van der Waals surface area contributed by atoms with E-state index in [-0.39, 0.29) is 5.91 Å². The van der Waals surface area contributed by atoms with Gasteiger partial charge in [0.15, 0.2) is 0 Å². The van der Waals surface area contributed by atoms with E-state index in [9.17, 15) is 9.90 Å². The number of hydrogen-bond donors (Lipinski definition) is 2. The van der Waals surface area contributed by atoms with Crippen LogP contribution in [0.1, 0.15) is 32.6 Å². The number of hydrogen-bond acceptors (Lipinski definition) is 3. The number of amides is 1. The zero-order valence-corrected chi connectivity index (χ0v) is 9.85. The Balaban J connectivity index is 1.78. The first-order chi connectivity index (χ1) is 7.66. The van der Waals surface area contributed by atoms with Gasteiger partial charge in [0, 0.05) is 32.1 Å². The zero-order chi connectivity index (χ0) is 11.5. The van der Waals surface area contributed by atoms with Crippen molar-refractivity contribution < 1.29 is 9.90 Å². The maximum atomic E-state index is 10.7. The van der Waals surface area contributed by atoms with Gasteiger partial charge in [0.1, 0.15) is 0 Å². The van der Waals surface area contributed by atoms with Crippen molar-refractivity contribution in [3.05, 3.63) is 6.42 Å². The van der Waals surface area contributed by atoms with Gasteiger partial charge in [-0.3, -0.25) is 9.69 Å². The van der Waals surface area contributed by atoms with Crippen molar-refractivity contribution in [2.75, 3.05) is 13.1 Å². The lowest BCUT2D eigenvalue weighted by Gasteiger charge is -2.35. The molecule has 2 fully saturated rings. The van der Waals surface area contributed by atoms with Crippen molar-refractivity contribution in [2.45, 2.75) is 50.8 Å². The number of carbonyl (C=O) groups excluding carboxylic acids is 1. The molecule has 2 rings (SSSR count). The molecule has 0 saturated carbocycles. The molecule has 0 aromatic rings. The predicted molar refractivity (Wildman–Crippen MR) is 61.7 cm³/mol. The summed E-state index contributed by atoms with van der Waals surface area (Å²) in [7, 11) is 0. The van der Waals surface area contributed by atoms with E-state index in [4.69, 9.17) is 0 Å². The normalized spacial score (nSPS) is 31.4. The van der Waals surface area contributed by atoms with Crippen LogP contribution in [0.5, 0.6) is 0 Å². The topological polar surface area (TPSA) is 52.6 Å². The van der Waals surface area contributed by atoms with Crippen molar-refractivity contribution in [1.29, 1.82) is 0 Å². The van der Waals surface area contributed by atoms with E-state index in [1.165, 1.54) is 19.8 Å². The van der Waals surface area contributed by atoms with Gasteiger partial charge < -0.3 is 10.4 Å². The lowest BCUT2D eigenvalue weighted by Crippen LogP contribution is -2.46. The van der Waals surface area contributed by atoms with Gasteiger partial charge in [-0.25, -0.2) is 0 Å². The van der Waals surface area contributed by atoms with E-state index in [1.807, 2.05) is 0 Å². The number of nitrogens with one attached hydrogen (secondary N) is 1. The fourth-order valence-electron chi connectivity index (χ4n) is 2.87. The smallest absolute Gasteiger partial charge is 0.216 e. The summed E-state index contributed by atoms with van der Waals surface area (Å²) in [5, 5.41) is 12.5. The second-order valence-corrected chi connectivity index (χ2v) is 4.93. The summed E-state index contributed by atoms with van der Waals surface area (Å²) in [5.74, 6) is -0.0750. The first-order valence-electron chi connectivity index (χ1n) is 6.16. The summed E-state index contributed by atoms with van der Waals surface area (Å²) in [6.07, 6.45) is 6.76. The van der Waals surface area contributed by atoms with Crippen molar-refractivity contribution in [3.63, 3.8) is 0 Å². The second-order valence-electron chi connectivity index (χ2n) is 4.93. The predicted octanol–water partition coefficient (Wildman–Crippen LogP) is 0.314. The highest BCUT2D eigenvalue weighted by atomic mass is 16.3. The van der Waals surface area contributed by atoms with Gasteiger partial charge in [-0.1, -0.05) is 0 Å². The first kappa shape index (κ1) is 11.9. The molecule has 91 valence electrons. The molecular weight excluding hydrogens is 204 g/mol. The molecule has 1 unspecified atom stereocenters. The van der Waals surface area contributed by atoms with Gasteiger partial charge in [0.25, 0.3) is 0 Å². The van der Waals surface area contributed by atoms with Crippen molar-refractivity contribution in [1.82, 2.24) is 10.2 Å². The van der Waals surface area contributed by atoms with Crippen LogP contribution in [0.4, 0.5) is 0 Å². The van der Waals surface area contributed by atoms with Crippen LogP contribution in [0, 0.1) is 6.42 Å². The van der Waals surface area contributed by atoms with E-state index in [0.717, 1.165) is 12.8 Å². The Hall–Kier alpha value is -0.610. The summed E-state index contributed by atoms with van der Waals surface area (Å²) in [4.78, 5) is 13.2. The van der Waals surface area contributed by atoms with Crippen molar-refractivity contribution >= 4 is 5.91 Å². The summed E-state index contributed by atoms with van der Waals surface area (Å²) in [6.45, 7) is 2.55. The van der Waals surface area contributed by atoms with Crippen LogP contribution in [0.3, 0.4) is 0 Å². The Morgan fingerprint density at radius 1 is 1.50 bits per heavy atom. The number of fused-ring (bicyclic) bond motifs is 2. The van der Waals surface area contributed by atoms with E-state index < -0.39 is 6.10 Å². The maximum Gasteiger partial charge on any atom is 0.216 e. The van der Waals surface area contributed by atoms with Gasteiger partial charge in [-0.2, -0.15) is 0 Å². The number of rotatable bonds is 4. The highest BCUT2D eigenvalue weighted by Gasteiger charge is 2.37. The fourth-order valence-corrected chi connectivity index (χ4v) is 2.87. The molecule has 1 amide bonds. The highest BCUT2D eigenvalue weighted by molar-refractivity contribution is 5.72. The Morgan fingerprint density at radius 2 is 2.12 bits per heavy atom. The third kappa shape index (κ3) is 2.74. The molecule has 2 bridgehead atoms. The molecule has 2 saturated heterocycles. The quantitative estimate of drug-likeness (QED) is 0.724. The van der Waals surface area contributed by atoms with Gasteiger partial charge in [0.05, 0.1) is 6.10 Å². The van der Waals surface area contributed by atoms with Crippen LogP contribution < -0.4 is 5.32 Å². The number of piperidine rings is 1. The molecule has 0 aliphatic carbocycles. The monoisotopic (exact) mass is 225 g/mol. The summed E-state index contributed by atoms with van der Waals surface area (Å²) >= 11 is 0. The molecule has 4 nitrogen and oxygen atoms in total. The molecule has 1 radical (unpaired) electrons. The molecule has 2 N–H and O–H groups in total. The molecular formula is C12H21N2O2. The number of aliphatic hydroxyl groups excluding tert-OH is 1. The third-order valence-corrected chi connectivity index (χ3v) is 3.66. The van der Waals surface area contributed by atoms with Crippen LogP contribution in [0.2, 0.25) is 0 Å².